The molecule has 3 rings (SSSR count). The predicted molar refractivity (Wildman–Crippen MR) is 109 cm³/mol. The standard InChI is InChI=1S/C21H22FN3O4/c1-27-17-9-15(10-18(11-17)28-2)24-20-12-21(23-13-19(20)22)25-14-4-3-5-16(8-14)29-7-6-26/h3-5,8-13,26H,6-7H2,1-2H3,(H2,23,24,25). The van der Waals surface area contributed by atoms with Crippen LogP contribution in [0, 0.1) is 5.82 Å². The Balaban J connectivity index is 1.80. The highest BCUT2D eigenvalue weighted by molar-refractivity contribution is 5.68. The van der Waals surface area contributed by atoms with E-state index in [0.29, 0.717) is 34.4 Å². The van der Waals surface area contributed by atoms with Gasteiger partial charge in [0.25, 0.3) is 0 Å². The van der Waals surface area contributed by atoms with E-state index in [1.54, 1.807) is 56.7 Å². The van der Waals surface area contributed by atoms with Gasteiger partial charge < -0.3 is 30.0 Å². The monoisotopic (exact) mass is 399 g/mol. The molecule has 0 saturated heterocycles. The molecular weight excluding hydrogens is 377 g/mol. The van der Waals surface area contributed by atoms with E-state index in [1.807, 2.05) is 6.07 Å². The summed E-state index contributed by atoms with van der Waals surface area (Å²) in [4.78, 5) is 4.08. The largest absolute Gasteiger partial charge is 0.497 e. The van der Waals surface area contributed by atoms with E-state index in [-0.39, 0.29) is 18.9 Å². The molecule has 1 aromatic heterocycles. The molecule has 0 saturated carbocycles. The van der Waals surface area contributed by atoms with E-state index >= 15 is 0 Å². The lowest BCUT2D eigenvalue weighted by atomic mass is 10.2. The molecule has 3 aromatic rings. The average molecular weight is 399 g/mol. The Bertz CT molecular complexity index is 946. The summed E-state index contributed by atoms with van der Waals surface area (Å²) < 4.78 is 30.2. The number of aliphatic hydroxyl groups is 1. The highest BCUT2D eigenvalue weighted by Crippen LogP contribution is 2.30. The van der Waals surface area contributed by atoms with Crippen LogP contribution in [0.5, 0.6) is 17.2 Å². The molecule has 0 fully saturated rings. The number of aromatic nitrogens is 1. The summed E-state index contributed by atoms with van der Waals surface area (Å²) in [6.45, 7) is 0.136. The molecule has 0 atom stereocenters. The molecule has 0 aliphatic heterocycles. The number of rotatable bonds is 9. The van der Waals surface area contributed by atoms with E-state index < -0.39 is 5.82 Å². The quantitative estimate of drug-likeness (QED) is 0.500. The number of nitrogens with zero attached hydrogens (tertiary/aromatic N) is 1. The Labute approximate surface area is 168 Å². The number of pyridine rings is 1. The second-order valence-electron chi connectivity index (χ2n) is 6.00. The maximum absolute atomic E-state index is 14.3. The van der Waals surface area contributed by atoms with Gasteiger partial charge >= 0.3 is 0 Å². The molecule has 0 unspecified atom stereocenters. The van der Waals surface area contributed by atoms with E-state index in [4.69, 9.17) is 19.3 Å². The Kier molecular flexibility index (Phi) is 6.70. The Morgan fingerprint density at radius 3 is 2.34 bits per heavy atom. The summed E-state index contributed by atoms with van der Waals surface area (Å²) in [7, 11) is 3.10. The zero-order chi connectivity index (χ0) is 20.6. The highest BCUT2D eigenvalue weighted by atomic mass is 19.1. The van der Waals surface area contributed by atoms with Gasteiger partial charge in [0, 0.05) is 41.7 Å². The molecule has 0 bridgehead atoms. The van der Waals surface area contributed by atoms with Gasteiger partial charge in [-0.05, 0) is 12.1 Å². The number of halogens is 1. The third kappa shape index (κ3) is 5.49. The molecule has 8 heteroatoms. The second kappa shape index (κ2) is 9.61. The van der Waals surface area contributed by atoms with Crippen molar-refractivity contribution in [1.82, 2.24) is 4.98 Å². The third-order valence-electron chi connectivity index (χ3n) is 3.95. The van der Waals surface area contributed by atoms with E-state index in [9.17, 15) is 4.39 Å². The number of hydrogen-bond acceptors (Lipinski definition) is 7. The molecule has 0 radical (unpaired) electrons. The van der Waals surface area contributed by atoms with Crippen LogP contribution in [0.2, 0.25) is 0 Å². The van der Waals surface area contributed by atoms with E-state index in [1.165, 1.54) is 0 Å². The maximum atomic E-state index is 14.3. The maximum Gasteiger partial charge on any atom is 0.165 e. The molecular formula is C21H22FN3O4. The number of ether oxygens (including phenoxy) is 3. The van der Waals surface area contributed by atoms with Crippen LogP contribution in [-0.4, -0.2) is 37.5 Å². The molecule has 0 spiro atoms. The van der Waals surface area contributed by atoms with Crippen LogP contribution in [-0.2, 0) is 0 Å². The number of anilines is 4. The summed E-state index contributed by atoms with van der Waals surface area (Å²) in [5.74, 6) is 1.71. The molecule has 152 valence electrons. The van der Waals surface area contributed by atoms with Gasteiger partial charge in [-0.15, -0.1) is 0 Å². The van der Waals surface area contributed by atoms with Gasteiger partial charge in [0.15, 0.2) is 5.82 Å². The highest BCUT2D eigenvalue weighted by Gasteiger charge is 2.09. The van der Waals surface area contributed by atoms with Gasteiger partial charge in [-0.1, -0.05) is 6.07 Å². The van der Waals surface area contributed by atoms with Gasteiger partial charge in [0.1, 0.15) is 29.7 Å². The zero-order valence-electron chi connectivity index (χ0n) is 16.1. The SMILES string of the molecule is COc1cc(Nc2cc(Nc3cccc(OCCO)c3)ncc2F)cc(OC)c1. The number of hydrogen-bond donors (Lipinski definition) is 3. The fourth-order valence-corrected chi connectivity index (χ4v) is 2.61. The van der Waals surface area contributed by atoms with Crippen LogP contribution in [0.3, 0.4) is 0 Å². The molecule has 7 nitrogen and oxygen atoms in total. The first-order valence-electron chi connectivity index (χ1n) is 8.87. The van der Waals surface area contributed by atoms with E-state index in [0.717, 1.165) is 6.20 Å². The van der Waals surface area contributed by atoms with Crippen molar-refractivity contribution in [2.75, 3.05) is 38.1 Å². The van der Waals surface area contributed by atoms with Crippen molar-refractivity contribution in [2.24, 2.45) is 0 Å². The molecule has 1 heterocycles. The van der Waals surface area contributed by atoms with Crippen molar-refractivity contribution in [2.45, 2.75) is 0 Å². The number of aliphatic hydroxyl groups excluding tert-OH is 1. The van der Waals surface area contributed by atoms with Crippen molar-refractivity contribution >= 4 is 22.9 Å². The normalized spacial score (nSPS) is 10.3. The van der Waals surface area contributed by atoms with E-state index in [2.05, 4.69) is 15.6 Å². The van der Waals surface area contributed by atoms with Crippen LogP contribution in [0.25, 0.3) is 0 Å². The predicted octanol–water partition coefficient (Wildman–Crippen LogP) is 4.10. The lowest BCUT2D eigenvalue weighted by Crippen LogP contribution is -2.02. The van der Waals surface area contributed by atoms with Crippen LogP contribution >= 0.6 is 0 Å². The second-order valence-corrected chi connectivity index (χ2v) is 6.00. The summed E-state index contributed by atoms with van der Waals surface area (Å²) in [5, 5.41) is 15.0. The van der Waals surface area contributed by atoms with Gasteiger partial charge in [0.05, 0.1) is 32.7 Å². The molecule has 3 N–H and O–H groups in total. The van der Waals surface area contributed by atoms with Gasteiger partial charge in [-0.3, -0.25) is 0 Å². The van der Waals surface area contributed by atoms with Crippen LogP contribution in [0.4, 0.5) is 27.3 Å². The summed E-state index contributed by atoms with van der Waals surface area (Å²) in [6, 6.07) is 13.9. The first-order chi connectivity index (χ1) is 14.1. The van der Waals surface area contributed by atoms with Gasteiger partial charge in [0.2, 0.25) is 0 Å². The molecule has 0 aliphatic carbocycles. The molecule has 0 aliphatic rings. The Morgan fingerprint density at radius 2 is 1.66 bits per heavy atom. The number of nitrogens with one attached hydrogen (secondary N) is 2. The third-order valence-corrected chi connectivity index (χ3v) is 3.95. The summed E-state index contributed by atoms with van der Waals surface area (Å²) in [6.07, 6.45) is 1.13. The van der Waals surface area contributed by atoms with Crippen LogP contribution in [0.15, 0.2) is 54.7 Å². The fraction of sp³-hybridized carbons (Fsp3) is 0.190. The number of methoxy groups -OCH3 is 2. The average Bonchev–Trinajstić information content (AvgIpc) is 2.74. The fourth-order valence-electron chi connectivity index (χ4n) is 2.61. The zero-order valence-corrected chi connectivity index (χ0v) is 16.1. The van der Waals surface area contributed by atoms with Gasteiger partial charge in [-0.25, -0.2) is 9.37 Å². The minimum Gasteiger partial charge on any atom is -0.497 e. The lowest BCUT2D eigenvalue weighted by molar-refractivity contribution is 0.201. The smallest absolute Gasteiger partial charge is 0.165 e. The van der Waals surface area contributed by atoms with Crippen LogP contribution < -0.4 is 24.8 Å². The summed E-state index contributed by atoms with van der Waals surface area (Å²) >= 11 is 0. The minimum absolute atomic E-state index is 0.0682. The first kappa shape index (κ1) is 20.2. The Hall–Kier alpha value is -3.52. The van der Waals surface area contributed by atoms with Crippen molar-refractivity contribution in [1.29, 1.82) is 0 Å². The van der Waals surface area contributed by atoms with Crippen molar-refractivity contribution in [3.05, 3.63) is 60.5 Å². The van der Waals surface area contributed by atoms with Crippen molar-refractivity contribution in [3.8, 4) is 17.2 Å². The molecule has 2 aromatic carbocycles. The minimum atomic E-state index is -0.502. The molecule has 0 amide bonds. The van der Waals surface area contributed by atoms with Crippen LogP contribution in [0.1, 0.15) is 0 Å². The molecule has 29 heavy (non-hydrogen) atoms. The summed E-state index contributed by atoms with van der Waals surface area (Å²) in [5.41, 5.74) is 1.57. The first-order valence-corrected chi connectivity index (χ1v) is 8.87. The van der Waals surface area contributed by atoms with Crippen molar-refractivity contribution in [3.63, 3.8) is 0 Å². The lowest BCUT2D eigenvalue weighted by Gasteiger charge is -2.13. The Morgan fingerprint density at radius 1 is 0.931 bits per heavy atom. The topological polar surface area (TPSA) is 84.9 Å². The van der Waals surface area contributed by atoms with Crippen molar-refractivity contribution < 1.29 is 23.7 Å². The van der Waals surface area contributed by atoms with Gasteiger partial charge in [-0.2, -0.15) is 0 Å². The number of benzene rings is 2.